The number of fused-ring (bicyclic) bond motifs is 1. The van der Waals surface area contributed by atoms with Crippen LogP contribution in [-0.4, -0.2) is 8.96 Å². The molecular weight excluding hydrogens is 254 g/mol. The highest BCUT2D eigenvalue weighted by atomic mass is 32.2. The summed E-state index contributed by atoms with van der Waals surface area (Å²) in [6.45, 7) is 7.98. The number of rotatable bonds is 3. The van der Waals surface area contributed by atoms with Crippen LogP contribution in [0.15, 0.2) is 42.5 Å². The molecule has 3 heteroatoms. The molecule has 0 saturated heterocycles. The Morgan fingerprint density at radius 3 is 2.32 bits per heavy atom. The van der Waals surface area contributed by atoms with Crippen molar-refractivity contribution >= 4 is 21.8 Å². The Bertz CT molecular complexity index is 601. The predicted molar refractivity (Wildman–Crippen MR) is 83.4 cm³/mol. The molecule has 0 aliphatic heterocycles. The minimum Gasteiger partial charge on any atom is -0.242 e. The molecule has 2 atom stereocenters. The highest BCUT2D eigenvalue weighted by Gasteiger charge is 2.21. The van der Waals surface area contributed by atoms with E-state index in [4.69, 9.17) is 0 Å². The fourth-order valence-corrected chi connectivity index (χ4v) is 2.69. The number of hydrogen-bond donors (Lipinski definition) is 1. The normalized spacial score (nSPS) is 15.4. The van der Waals surface area contributed by atoms with E-state index in [1.165, 1.54) is 10.8 Å². The van der Waals surface area contributed by atoms with E-state index in [1.54, 1.807) is 0 Å². The second-order valence-corrected chi connectivity index (χ2v) is 7.83. The average Bonchev–Trinajstić information content (AvgIpc) is 2.37. The van der Waals surface area contributed by atoms with Crippen LogP contribution in [0.25, 0.3) is 10.8 Å². The third-order valence-electron chi connectivity index (χ3n) is 3.11. The Kier molecular flexibility index (Phi) is 4.07. The Hall–Kier alpha value is -1.19. The molecule has 0 spiro atoms. The zero-order chi connectivity index (χ0) is 14.0. The summed E-state index contributed by atoms with van der Waals surface area (Å²) >= 11 is 0. The first kappa shape index (κ1) is 14.2. The van der Waals surface area contributed by atoms with Crippen LogP contribution < -0.4 is 4.72 Å². The SMILES string of the molecule is C[C@@H](NS(=O)C(C)(C)C)c1ccc2ccccc2c1. The van der Waals surface area contributed by atoms with E-state index >= 15 is 0 Å². The van der Waals surface area contributed by atoms with Gasteiger partial charge in [0.15, 0.2) is 0 Å². The summed E-state index contributed by atoms with van der Waals surface area (Å²) in [6.07, 6.45) is 0. The Morgan fingerprint density at radius 2 is 1.68 bits per heavy atom. The lowest BCUT2D eigenvalue weighted by Gasteiger charge is -2.22. The van der Waals surface area contributed by atoms with Gasteiger partial charge >= 0.3 is 0 Å². The number of nitrogens with one attached hydrogen (secondary N) is 1. The fourth-order valence-electron chi connectivity index (χ4n) is 1.88. The summed E-state index contributed by atoms with van der Waals surface area (Å²) in [6, 6.07) is 14.7. The van der Waals surface area contributed by atoms with Crippen LogP contribution in [0.1, 0.15) is 39.3 Å². The van der Waals surface area contributed by atoms with Crippen LogP contribution in [0.5, 0.6) is 0 Å². The third-order valence-corrected chi connectivity index (χ3v) is 4.79. The minimum atomic E-state index is -1.05. The second-order valence-electron chi connectivity index (χ2n) is 5.83. The highest BCUT2D eigenvalue weighted by Crippen LogP contribution is 2.21. The van der Waals surface area contributed by atoms with Gasteiger partial charge in [0.1, 0.15) is 0 Å². The molecule has 2 aromatic carbocycles. The first-order valence-electron chi connectivity index (χ1n) is 6.54. The lowest BCUT2D eigenvalue weighted by molar-refractivity contribution is 0.616. The molecular formula is C16H21NOS. The van der Waals surface area contributed by atoms with Crippen LogP contribution in [0.4, 0.5) is 0 Å². The molecule has 0 heterocycles. The molecule has 2 aromatic rings. The zero-order valence-corrected chi connectivity index (χ0v) is 12.8. The first-order valence-corrected chi connectivity index (χ1v) is 7.69. The van der Waals surface area contributed by atoms with Crippen molar-refractivity contribution in [3.63, 3.8) is 0 Å². The van der Waals surface area contributed by atoms with Gasteiger partial charge in [-0.15, -0.1) is 0 Å². The van der Waals surface area contributed by atoms with Crippen LogP contribution >= 0.6 is 0 Å². The van der Waals surface area contributed by atoms with E-state index in [2.05, 4.69) is 35.1 Å². The Balaban J connectivity index is 2.22. The molecule has 0 aliphatic rings. The minimum absolute atomic E-state index is 0.0738. The number of benzene rings is 2. The molecule has 1 N–H and O–H groups in total. The van der Waals surface area contributed by atoms with Crippen LogP contribution in [0.2, 0.25) is 0 Å². The summed E-state index contributed by atoms with van der Waals surface area (Å²) < 4.78 is 15.0. The molecule has 0 aromatic heterocycles. The molecule has 0 saturated carbocycles. The van der Waals surface area contributed by atoms with Crippen molar-refractivity contribution in [1.82, 2.24) is 4.72 Å². The smallest absolute Gasteiger partial charge is 0.0975 e. The third kappa shape index (κ3) is 3.43. The molecule has 102 valence electrons. The summed E-state index contributed by atoms with van der Waals surface area (Å²) in [4.78, 5) is 0. The summed E-state index contributed by atoms with van der Waals surface area (Å²) in [5, 5.41) is 2.45. The first-order chi connectivity index (χ1) is 8.88. The van der Waals surface area contributed by atoms with Crippen molar-refractivity contribution in [3.8, 4) is 0 Å². The van der Waals surface area contributed by atoms with Crippen molar-refractivity contribution in [1.29, 1.82) is 0 Å². The van der Waals surface area contributed by atoms with Crippen molar-refractivity contribution in [3.05, 3.63) is 48.0 Å². The Labute approximate surface area is 117 Å². The van der Waals surface area contributed by atoms with Crippen molar-refractivity contribution in [2.24, 2.45) is 0 Å². The summed E-state index contributed by atoms with van der Waals surface area (Å²) in [7, 11) is -1.05. The second kappa shape index (κ2) is 5.43. The van der Waals surface area contributed by atoms with E-state index in [0.717, 1.165) is 5.56 Å². The molecule has 2 nitrogen and oxygen atoms in total. The van der Waals surface area contributed by atoms with Gasteiger partial charge in [-0.2, -0.15) is 0 Å². The molecule has 1 unspecified atom stereocenters. The topological polar surface area (TPSA) is 29.1 Å². The predicted octanol–water partition coefficient (Wildman–Crippen LogP) is 3.95. The molecule has 0 fully saturated rings. The summed E-state index contributed by atoms with van der Waals surface area (Å²) in [5.41, 5.74) is 1.16. The molecule has 19 heavy (non-hydrogen) atoms. The zero-order valence-electron chi connectivity index (χ0n) is 11.9. The van der Waals surface area contributed by atoms with Crippen LogP contribution in [0, 0.1) is 0 Å². The molecule has 0 bridgehead atoms. The lowest BCUT2D eigenvalue weighted by atomic mass is 10.0. The van der Waals surface area contributed by atoms with Gasteiger partial charge in [-0.3, -0.25) is 0 Å². The van der Waals surface area contributed by atoms with Gasteiger partial charge in [-0.1, -0.05) is 36.4 Å². The average molecular weight is 275 g/mol. The number of hydrogen-bond acceptors (Lipinski definition) is 1. The van der Waals surface area contributed by atoms with Crippen LogP contribution in [0.3, 0.4) is 0 Å². The maximum Gasteiger partial charge on any atom is 0.0975 e. The lowest BCUT2D eigenvalue weighted by Crippen LogP contribution is -2.34. The van der Waals surface area contributed by atoms with E-state index in [9.17, 15) is 4.21 Å². The molecule has 0 aliphatic carbocycles. The van der Waals surface area contributed by atoms with Gasteiger partial charge < -0.3 is 0 Å². The van der Waals surface area contributed by atoms with Crippen molar-refractivity contribution in [2.45, 2.75) is 38.5 Å². The van der Waals surface area contributed by atoms with Crippen molar-refractivity contribution < 1.29 is 4.21 Å². The van der Waals surface area contributed by atoms with Crippen LogP contribution in [-0.2, 0) is 11.0 Å². The fraction of sp³-hybridized carbons (Fsp3) is 0.375. The molecule has 0 amide bonds. The van der Waals surface area contributed by atoms with Gasteiger partial charge in [0.05, 0.1) is 15.7 Å². The quantitative estimate of drug-likeness (QED) is 0.902. The molecule has 2 rings (SSSR count). The maximum absolute atomic E-state index is 12.1. The van der Waals surface area contributed by atoms with E-state index < -0.39 is 11.0 Å². The summed E-state index contributed by atoms with van der Waals surface area (Å²) in [5.74, 6) is 0. The van der Waals surface area contributed by atoms with Gasteiger partial charge in [0, 0.05) is 6.04 Å². The van der Waals surface area contributed by atoms with Gasteiger partial charge in [-0.25, -0.2) is 8.93 Å². The monoisotopic (exact) mass is 275 g/mol. The van der Waals surface area contributed by atoms with Gasteiger partial charge in [-0.05, 0) is 50.1 Å². The van der Waals surface area contributed by atoms with Gasteiger partial charge in [0.2, 0.25) is 0 Å². The highest BCUT2D eigenvalue weighted by molar-refractivity contribution is 7.84. The maximum atomic E-state index is 12.1. The van der Waals surface area contributed by atoms with E-state index in [1.807, 2.05) is 39.8 Å². The molecule has 0 radical (unpaired) electrons. The standard InChI is InChI=1S/C16H21NOS/c1-12(17-19(18)16(2,3)4)14-10-9-13-7-5-6-8-15(13)11-14/h5-12,17H,1-4H3/t12-,19?/m1/s1. The van der Waals surface area contributed by atoms with E-state index in [-0.39, 0.29) is 10.8 Å². The van der Waals surface area contributed by atoms with Crippen molar-refractivity contribution in [2.75, 3.05) is 0 Å². The Morgan fingerprint density at radius 1 is 1.05 bits per heavy atom. The van der Waals surface area contributed by atoms with Gasteiger partial charge in [0.25, 0.3) is 0 Å². The van der Waals surface area contributed by atoms with E-state index in [0.29, 0.717) is 0 Å². The largest absolute Gasteiger partial charge is 0.242 e.